The van der Waals surface area contributed by atoms with Gasteiger partial charge in [0.05, 0.1) is 10.9 Å². The van der Waals surface area contributed by atoms with Crippen LogP contribution in [0.25, 0.3) is 0 Å². The van der Waals surface area contributed by atoms with Gasteiger partial charge in [0.15, 0.2) is 0 Å². The summed E-state index contributed by atoms with van der Waals surface area (Å²) in [6.07, 6.45) is 0.808. The number of benzene rings is 1. The average Bonchev–Trinajstić information content (AvgIpc) is 2.38. The minimum atomic E-state index is -3.69. The fourth-order valence-corrected chi connectivity index (χ4v) is 3.28. The van der Waals surface area contributed by atoms with E-state index in [1.54, 1.807) is 19.1 Å². The van der Waals surface area contributed by atoms with Gasteiger partial charge in [0.25, 0.3) is 0 Å². The van der Waals surface area contributed by atoms with Crippen molar-refractivity contribution in [1.82, 2.24) is 10.0 Å². The maximum atomic E-state index is 12.3. The number of carbonyl (C=O) groups excluding carboxylic acids is 1. The molecule has 1 aromatic rings. The monoisotopic (exact) mass is 298 g/mol. The molecule has 5 nitrogen and oxygen atoms in total. The van der Waals surface area contributed by atoms with Gasteiger partial charge in [-0.2, -0.15) is 4.72 Å². The molecule has 0 spiro atoms. The number of sulfonamides is 1. The summed E-state index contributed by atoms with van der Waals surface area (Å²) in [4.78, 5) is 11.9. The van der Waals surface area contributed by atoms with Gasteiger partial charge in [-0.05, 0) is 44.4 Å². The van der Waals surface area contributed by atoms with E-state index in [0.717, 1.165) is 12.0 Å². The molecule has 0 aromatic heterocycles. The molecule has 1 amide bonds. The van der Waals surface area contributed by atoms with Gasteiger partial charge in [-0.3, -0.25) is 4.79 Å². The molecule has 0 bridgehead atoms. The summed E-state index contributed by atoms with van der Waals surface area (Å²) >= 11 is 0. The fraction of sp³-hybridized carbons (Fsp3) is 0.500. The number of hydrogen-bond acceptors (Lipinski definition) is 3. The number of hydrogen-bond donors (Lipinski definition) is 2. The molecule has 0 aliphatic heterocycles. The van der Waals surface area contributed by atoms with Gasteiger partial charge in [0.1, 0.15) is 0 Å². The van der Waals surface area contributed by atoms with Gasteiger partial charge in [0, 0.05) is 6.54 Å². The predicted octanol–water partition coefficient (Wildman–Crippen LogP) is 1.50. The molecule has 0 heterocycles. The first-order valence-corrected chi connectivity index (χ1v) is 8.13. The van der Waals surface area contributed by atoms with Crippen molar-refractivity contribution in [2.75, 3.05) is 6.54 Å². The van der Waals surface area contributed by atoms with E-state index in [0.29, 0.717) is 12.1 Å². The molecule has 0 radical (unpaired) electrons. The lowest BCUT2D eigenvalue weighted by Gasteiger charge is -2.15. The van der Waals surface area contributed by atoms with Gasteiger partial charge < -0.3 is 5.32 Å². The minimum Gasteiger partial charge on any atom is -0.355 e. The van der Waals surface area contributed by atoms with Crippen molar-refractivity contribution < 1.29 is 13.2 Å². The van der Waals surface area contributed by atoms with Crippen molar-refractivity contribution in [3.63, 3.8) is 0 Å². The Kier molecular flexibility index (Phi) is 5.71. The third-order valence-electron chi connectivity index (χ3n) is 2.91. The van der Waals surface area contributed by atoms with Crippen molar-refractivity contribution in [3.05, 3.63) is 29.3 Å². The quantitative estimate of drug-likeness (QED) is 0.835. The van der Waals surface area contributed by atoms with Gasteiger partial charge in [-0.15, -0.1) is 0 Å². The highest BCUT2D eigenvalue weighted by atomic mass is 32.2. The van der Waals surface area contributed by atoms with E-state index in [9.17, 15) is 13.2 Å². The summed E-state index contributed by atoms with van der Waals surface area (Å²) < 4.78 is 27.0. The SMILES string of the molecule is CCCNC(=O)[C@@H](C)NS(=O)(=O)c1cc(C)ccc1C. The van der Waals surface area contributed by atoms with Gasteiger partial charge in [-0.1, -0.05) is 19.1 Å². The van der Waals surface area contributed by atoms with E-state index >= 15 is 0 Å². The third-order valence-corrected chi connectivity index (χ3v) is 4.59. The molecule has 1 aromatic carbocycles. The number of rotatable bonds is 6. The van der Waals surface area contributed by atoms with Crippen LogP contribution in [0.4, 0.5) is 0 Å². The number of amides is 1. The summed E-state index contributed by atoms with van der Waals surface area (Å²) in [5, 5.41) is 2.67. The van der Waals surface area contributed by atoms with Crippen LogP contribution >= 0.6 is 0 Å². The molecule has 0 unspecified atom stereocenters. The van der Waals surface area contributed by atoms with E-state index in [4.69, 9.17) is 0 Å². The fourth-order valence-electron chi connectivity index (χ4n) is 1.75. The van der Waals surface area contributed by atoms with Crippen LogP contribution in [0, 0.1) is 13.8 Å². The Balaban J connectivity index is 2.89. The number of aryl methyl sites for hydroxylation is 2. The van der Waals surface area contributed by atoms with Crippen LogP contribution in [0.15, 0.2) is 23.1 Å². The molecule has 20 heavy (non-hydrogen) atoms. The zero-order valence-corrected chi connectivity index (χ0v) is 13.2. The lowest BCUT2D eigenvalue weighted by Crippen LogP contribution is -2.45. The van der Waals surface area contributed by atoms with E-state index in [1.807, 2.05) is 19.9 Å². The molecule has 0 saturated carbocycles. The highest BCUT2D eigenvalue weighted by Crippen LogP contribution is 2.16. The van der Waals surface area contributed by atoms with Crippen molar-refractivity contribution in [1.29, 1.82) is 0 Å². The Morgan fingerprint density at radius 3 is 2.55 bits per heavy atom. The normalized spacial score (nSPS) is 13.0. The number of carbonyl (C=O) groups is 1. The van der Waals surface area contributed by atoms with Crippen molar-refractivity contribution >= 4 is 15.9 Å². The second-order valence-electron chi connectivity index (χ2n) is 4.90. The van der Waals surface area contributed by atoms with Crippen LogP contribution in [-0.4, -0.2) is 26.9 Å². The maximum absolute atomic E-state index is 12.3. The summed E-state index contributed by atoms with van der Waals surface area (Å²) in [5.41, 5.74) is 1.52. The zero-order valence-electron chi connectivity index (χ0n) is 12.4. The smallest absolute Gasteiger partial charge is 0.241 e. The topological polar surface area (TPSA) is 75.3 Å². The van der Waals surface area contributed by atoms with E-state index in [1.165, 1.54) is 6.92 Å². The Bertz CT molecular complexity index is 582. The molecule has 1 atom stereocenters. The van der Waals surface area contributed by atoms with Crippen LogP contribution in [0.3, 0.4) is 0 Å². The molecular formula is C14H22N2O3S. The largest absolute Gasteiger partial charge is 0.355 e. The Labute approximate surface area is 120 Å². The molecular weight excluding hydrogens is 276 g/mol. The standard InChI is InChI=1S/C14H22N2O3S/c1-5-8-15-14(17)12(4)16-20(18,19)13-9-10(2)6-7-11(13)3/h6-7,9,12,16H,5,8H2,1-4H3,(H,15,17)/t12-/m1/s1. The van der Waals surface area contributed by atoms with E-state index in [-0.39, 0.29) is 10.8 Å². The molecule has 0 aliphatic carbocycles. The van der Waals surface area contributed by atoms with Crippen molar-refractivity contribution in [3.8, 4) is 0 Å². The third kappa shape index (κ3) is 4.31. The first-order chi connectivity index (χ1) is 9.27. The van der Waals surface area contributed by atoms with Crippen LogP contribution in [-0.2, 0) is 14.8 Å². The zero-order chi connectivity index (χ0) is 15.3. The molecule has 1 rings (SSSR count). The maximum Gasteiger partial charge on any atom is 0.241 e. The van der Waals surface area contributed by atoms with Gasteiger partial charge in [-0.25, -0.2) is 8.42 Å². The van der Waals surface area contributed by atoms with Crippen LogP contribution in [0.5, 0.6) is 0 Å². The number of nitrogens with one attached hydrogen (secondary N) is 2. The molecule has 0 fully saturated rings. The lowest BCUT2D eigenvalue weighted by atomic mass is 10.2. The minimum absolute atomic E-state index is 0.215. The summed E-state index contributed by atoms with van der Waals surface area (Å²) in [6.45, 7) is 7.57. The van der Waals surface area contributed by atoms with E-state index < -0.39 is 16.1 Å². The van der Waals surface area contributed by atoms with Crippen molar-refractivity contribution in [2.24, 2.45) is 0 Å². The molecule has 6 heteroatoms. The lowest BCUT2D eigenvalue weighted by molar-refractivity contribution is -0.122. The Hall–Kier alpha value is -1.40. The van der Waals surface area contributed by atoms with Crippen LogP contribution in [0.1, 0.15) is 31.4 Å². The Morgan fingerprint density at radius 1 is 1.30 bits per heavy atom. The van der Waals surface area contributed by atoms with E-state index in [2.05, 4.69) is 10.0 Å². The second-order valence-corrected chi connectivity index (χ2v) is 6.59. The highest BCUT2D eigenvalue weighted by molar-refractivity contribution is 7.89. The summed E-state index contributed by atoms with van der Waals surface area (Å²) in [5.74, 6) is -0.319. The van der Waals surface area contributed by atoms with Crippen LogP contribution < -0.4 is 10.0 Å². The first kappa shape index (κ1) is 16.7. The molecule has 0 aliphatic rings. The summed E-state index contributed by atoms with van der Waals surface area (Å²) in [7, 11) is -3.69. The highest BCUT2D eigenvalue weighted by Gasteiger charge is 2.23. The molecule has 0 saturated heterocycles. The van der Waals surface area contributed by atoms with Gasteiger partial charge in [0.2, 0.25) is 15.9 Å². The molecule has 2 N–H and O–H groups in total. The average molecular weight is 298 g/mol. The Morgan fingerprint density at radius 2 is 1.95 bits per heavy atom. The second kappa shape index (κ2) is 6.85. The first-order valence-electron chi connectivity index (χ1n) is 6.65. The van der Waals surface area contributed by atoms with Crippen molar-refractivity contribution in [2.45, 2.75) is 45.1 Å². The van der Waals surface area contributed by atoms with Gasteiger partial charge >= 0.3 is 0 Å². The summed E-state index contributed by atoms with van der Waals surface area (Å²) in [6, 6.07) is 4.41. The van der Waals surface area contributed by atoms with Crippen LogP contribution in [0.2, 0.25) is 0 Å². The molecule has 112 valence electrons. The predicted molar refractivity (Wildman–Crippen MR) is 79.0 cm³/mol.